The lowest BCUT2D eigenvalue weighted by Gasteiger charge is -2.16. The highest BCUT2D eigenvalue weighted by Crippen LogP contribution is 2.23. The SMILES string of the molecule is C#CCC(NCC)c1cccc2nccnc12. The zero-order valence-electron chi connectivity index (χ0n) is 9.85. The minimum absolute atomic E-state index is 0.144. The quantitative estimate of drug-likeness (QED) is 0.811. The lowest BCUT2D eigenvalue weighted by molar-refractivity contribution is 0.568. The summed E-state index contributed by atoms with van der Waals surface area (Å²) in [6, 6.07) is 6.16. The van der Waals surface area contributed by atoms with Crippen molar-refractivity contribution < 1.29 is 0 Å². The monoisotopic (exact) mass is 225 g/mol. The van der Waals surface area contributed by atoms with Gasteiger partial charge in [-0.2, -0.15) is 0 Å². The van der Waals surface area contributed by atoms with E-state index in [9.17, 15) is 0 Å². The van der Waals surface area contributed by atoms with Crippen LogP contribution in [0.4, 0.5) is 0 Å². The molecular weight excluding hydrogens is 210 g/mol. The zero-order chi connectivity index (χ0) is 12.1. The summed E-state index contributed by atoms with van der Waals surface area (Å²) in [5.41, 5.74) is 2.96. The van der Waals surface area contributed by atoms with Gasteiger partial charge in [0.05, 0.1) is 11.0 Å². The van der Waals surface area contributed by atoms with Gasteiger partial charge in [-0.1, -0.05) is 19.1 Å². The first kappa shape index (κ1) is 11.6. The number of hydrogen-bond donors (Lipinski definition) is 1. The van der Waals surface area contributed by atoms with Crippen molar-refractivity contribution in [1.29, 1.82) is 0 Å². The third-order valence-corrected chi connectivity index (χ3v) is 2.68. The lowest BCUT2D eigenvalue weighted by atomic mass is 10.0. The molecule has 17 heavy (non-hydrogen) atoms. The molecule has 1 heterocycles. The molecule has 0 spiro atoms. The minimum Gasteiger partial charge on any atom is -0.309 e. The predicted molar refractivity (Wildman–Crippen MR) is 69.4 cm³/mol. The molecule has 0 radical (unpaired) electrons. The number of nitrogens with one attached hydrogen (secondary N) is 1. The van der Waals surface area contributed by atoms with Crippen LogP contribution in [0.2, 0.25) is 0 Å². The number of para-hydroxylation sites is 1. The van der Waals surface area contributed by atoms with Crippen LogP contribution >= 0.6 is 0 Å². The Kier molecular flexibility index (Phi) is 3.69. The number of aromatic nitrogens is 2. The maximum Gasteiger partial charge on any atom is 0.0934 e. The summed E-state index contributed by atoms with van der Waals surface area (Å²) < 4.78 is 0. The van der Waals surface area contributed by atoms with Gasteiger partial charge in [-0.05, 0) is 18.2 Å². The average Bonchev–Trinajstić information content (AvgIpc) is 2.38. The van der Waals surface area contributed by atoms with Crippen molar-refractivity contribution in [2.45, 2.75) is 19.4 Å². The average molecular weight is 225 g/mol. The van der Waals surface area contributed by atoms with E-state index < -0.39 is 0 Å². The van der Waals surface area contributed by atoms with Crippen molar-refractivity contribution in [2.24, 2.45) is 0 Å². The summed E-state index contributed by atoms with van der Waals surface area (Å²) in [4.78, 5) is 8.70. The summed E-state index contributed by atoms with van der Waals surface area (Å²) in [6.07, 6.45) is 9.49. The molecule has 3 heteroatoms. The third-order valence-electron chi connectivity index (χ3n) is 2.68. The van der Waals surface area contributed by atoms with Gasteiger partial charge in [-0.25, -0.2) is 0 Å². The van der Waals surface area contributed by atoms with Crippen LogP contribution in [0.3, 0.4) is 0 Å². The van der Waals surface area contributed by atoms with E-state index in [1.54, 1.807) is 12.4 Å². The largest absolute Gasteiger partial charge is 0.309 e. The number of nitrogens with zero attached hydrogens (tertiary/aromatic N) is 2. The van der Waals surface area contributed by atoms with Gasteiger partial charge in [-0.15, -0.1) is 12.3 Å². The molecule has 2 rings (SSSR count). The number of fused-ring (bicyclic) bond motifs is 1. The van der Waals surface area contributed by atoms with E-state index in [1.807, 2.05) is 12.1 Å². The first-order valence-electron chi connectivity index (χ1n) is 5.73. The van der Waals surface area contributed by atoms with Crippen LogP contribution in [0.1, 0.15) is 24.9 Å². The van der Waals surface area contributed by atoms with Crippen molar-refractivity contribution in [3.05, 3.63) is 36.2 Å². The van der Waals surface area contributed by atoms with Gasteiger partial charge in [0, 0.05) is 24.9 Å². The van der Waals surface area contributed by atoms with Crippen LogP contribution in [0.25, 0.3) is 11.0 Å². The molecule has 0 amide bonds. The van der Waals surface area contributed by atoms with E-state index in [0.29, 0.717) is 6.42 Å². The highest BCUT2D eigenvalue weighted by Gasteiger charge is 2.13. The normalized spacial score (nSPS) is 12.2. The van der Waals surface area contributed by atoms with Crippen LogP contribution in [-0.4, -0.2) is 16.5 Å². The molecule has 1 N–H and O–H groups in total. The molecule has 0 aliphatic rings. The summed E-state index contributed by atoms with van der Waals surface area (Å²) in [5, 5.41) is 3.38. The molecule has 0 aliphatic heterocycles. The van der Waals surface area contributed by atoms with E-state index in [1.165, 1.54) is 0 Å². The summed E-state index contributed by atoms with van der Waals surface area (Å²) in [7, 11) is 0. The van der Waals surface area contributed by atoms with E-state index in [-0.39, 0.29) is 6.04 Å². The molecular formula is C14H15N3. The maximum absolute atomic E-state index is 5.42. The number of terminal acetylenes is 1. The second-order valence-corrected chi connectivity index (χ2v) is 3.79. The van der Waals surface area contributed by atoms with Gasteiger partial charge in [0.2, 0.25) is 0 Å². The Morgan fingerprint density at radius 2 is 2.18 bits per heavy atom. The Bertz CT molecular complexity index is 537. The van der Waals surface area contributed by atoms with Gasteiger partial charge in [0.15, 0.2) is 0 Å². The molecule has 1 atom stereocenters. The second kappa shape index (κ2) is 5.42. The van der Waals surface area contributed by atoms with Crippen LogP contribution in [-0.2, 0) is 0 Å². The van der Waals surface area contributed by atoms with Crippen molar-refractivity contribution >= 4 is 11.0 Å². The highest BCUT2D eigenvalue weighted by atomic mass is 14.9. The van der Waals surface area contributed by atoms with Crippen LogP contribution in [0.15, 0.2) is 30.6 Å². The molecule has 0 saturated heterocycles. The number of hydrogen-bond acceptors (Lipinski definition) is 3. The van der Waals surface area contributed by atoms with Crippen molar-refractivity contribution in [1.82, 2.24) is 15.3 Å². The Hall–Kier alpha value is -1.92. The van der Waals surface area contributed by atoms with Gasteiger partial charge >= 0.3 is 0 Å². The molecule has 0 bridgehead atoms. The van der Waals surface area contributed by atoms with E-state index in [0.717, 1.165) is 23.1 Å². The standard InChI is InChI=1S/C14H15N3/c1-3-6-12(15-4-2)11-7-5-8-13-14(11)17-10-9-16-13/h1,5,7-10,12,15H,4,6H2,2H3. The molecule has 0 saturated carbocycles. The summed E-state index contributed by atoms with van der Waals surface area (Å²) in [5.74, 6) is 2.71. The van der Waals surface area contributed by atoms with Gasteiger partial charge in [-0.3, -0.25) is 9.97 Å². The molecule has 1 aromatic heterocycles. The Morgan fingerprint density at radius 3 is 2.94 bits per heavy atom. The first-order valence-corrected chi connectivity index (χ1v) is 5.73. The van der Waals surface area contributed by atoms with Crippen molar-refractivity contribution in [3.63, 3.8) is 0 Å². The Morgan fingerprint density at radius 1 is 1.35 bits per heavy atom. The maximum atomic E-state index is 5.42. The van der Waals surface area contributed by atoms with Crippen LogP contribution < -0.4 is 5.32 Å². The molecule has 0 aliphatic carbocycles. The van der Waals surface area contributed by atoms with Crippen LogP contribution in [0.5, 0.6) is 0 Å². The smallest absolute Gasteiger partial charge is 0.0934 e. The van der Waals surface area contributed by atoms with E-state index in [2.05, 4.69) is 34.2 Å². The molecule has 86 valence electrons. The van der Waals surface area contributed by atoms with Gasteiger partial charge in [0.25, 0.3) is 0 Å². The third kappa shape index (κ3) is 2.43. The fraction of sp³-hybridized carbons (Fsp3) is 0.286. The number of benzene rings is 1. The Labute approximate surface area is 101 Å². The van der Waals surface area contributed by atoms with Gasteiger partial charge < -0.3 is 5.32 Å². The predicted octanol–water partition coefficient (Wildman–Crippen LogP) is 2.30. The van der Waals surface area contributed by atoms with Crippen LogP contribution in [0, 0.1) is 12.3 Å². The fourth-order valence-corrected chi connectivity index (χ4v) is 1.95. The minimum atomic E-state index is 0.144. The summed E-state index contributed by atoms with van der Waals surface area (Å²) >= 11 is 0. The van der Waals surface area contributed by atoms with Gasteiger partial charge in [0.1, 0.15) is 0 Å². The Balaban J connectivity index is 2.49. The van der Waals surface area contributed by atoms with E-state index in [4.69, 9.17) is 6.42 Å². The van der Waals surface area contributed by atoms with E-state index >= 15 is 0 Å². The molecule has 0 fully saturated rings. The molecule has 2 aromatic rings. The van der Waals surface area contributed by atoms with Crippen molar-refractivity contribution in [2.75, 3.05) is 6.54 Å². The first-order chi connectivity index (χ1) is 8.36. The number of rotatable bonds is 4. The van der Waals surface area contributed by atoms with Crippen molar-refractivity contribution in [3.8, 4) is 12.3 Å². The summed E-state index contributed by atoms with van der Waals surface area (Å²) in [6.45, 7) is 2.95. The second-order valence-electron chi connectivity index (χ2n) is 3.79. The molecule has 3 nitrogen and oxygen atoms in total. The zero-order valence-corrected chi connectivity index (χ0v) is 9.85. The highest BCUT2D eigenvalue weighted by molar-refractivity contribution is 5.78. The molecule has 1 unspecified atom stereocenters. The molecule has 1 aromatic carbocycles. The lowest BCUT2D eigenvalue weighted by Crippen LogP contribution is -2.20. The fourth-order valence-electron chi connectivity index (χ4n) is 1.95. The topological polar surface area (TPSA) is 37.8 Å².